The van der Waals surface area contributed by atoms with E-state index in [0.29, 0.717) is 17.3 Å². The van der Waals surface area contributed by atoms with Crippen LogP contribution in [0.15, 0.2) is 12.1 Å². The fraction of sp³-hybridized carbons (Fsp3) is 0.444. The van der Waals surface area contributed by atoms with Gasteiger partial charge in [-0.15, -0.1) is 11.3 Å². The lowest BCUT2D eigenvalue weighted by Gasteiger charge is -2.11. The Balaban J connectivity index is 2.48. The van der Waals surface area contributed by atoms with Crippen molar-refractivity contribution in [1.29, 1.82) is 0 Å². The fourth-order valence-electron chi connectivity index (χ4n) is 1.08. The molecule has 3 N–H and O–H groups in total. The molecule has 0 spiro atoms. The van der Waals surface area contributed by atoms with Crippen LogP contribution in [-0.4, -0.2) is 25.2 Å². The minimum Gasteiger partial charge on any atom is -0.392 e. The maximum Gasteiger partial charge on any atom is 0.220 e. The van der Waals surface area contributed by atoms with Crippen LogP contribution in [-0.2, 0) is 16.4 Å². The summed E-state index contributed by atoms with van der Waals surface area (Å²) >= 11 is 11.9. The first-order valence-electron chi connectivity index (χ1n) is 4.85. The van der Waals surface area contributed by atoms with Gasteiger partial charge in [-0.3, -0.25) is 0 Å². The number of sulfonamides is 1. The molecular formula is C9H13ClN2O2S3. The van der Waals surface area contributed by atoms with Gasteiger partial charge in [0.05, 0.1) is 9.32 Å². The molecule has 0 fully saturated rings. The van der Waals surface area contributed by atoms with E-state index >= 15 is 0 Å². The van der Waals surface area contributed by atoms with Gasteiger partial charge in [0.15, 0.2) is 0 Å². The Morgan fingerprint density at radius 1 is 1.65 bits per heavy atom. The van der Waals surface area contributed by atoms with Crippen LogP contribution in [0.5, 0.6) is 0 Å². The van der Waals surface area contributed by atoms with E-state index in [1.54, 1.807) is 6.07 Å². The third-order valence-corrected chi connectivity index (χ3v) is 5.75. The molecule has 1 rings (SSSR count). The zero-order valence-corrected chi connectivity index (χ0v) is 12.3. The predicted molar refractivity (Wildman–Crippen MR) is 76.2 cm³/mol. The fourth-order valence-corrected chi connectivity index (χ4v) is 3.49. The number of nitrogens with two attached hydrogens (primary N) is 1. The molecule has 96 valence electrons. The van der Waals surface area contributed by atoms with Gasteiger partial charge in [0.2, 0.25) is 10.0 Å². The van der Waals surface area contributed by atoms with Gasteiger partial charge >= 0.3 is 0 Å². The van der Waals surface area contributed by atoms with Crippen LogP contribution in [0.25, 0.3) is 0 Å². The van der Waals surface area contributed by atoms with E-state index < -0.39 is 15.3 Å². The summed E-state index contributed by atoms with van der Waals surface area (Å²) in [5.74, 6) is 0. The van der Waals surface area contributed by atoms with Crippen LogP contribution in [0.1, 0.15) is 11.8 Å². The summed E-state index contributed by atoms with van der Waals surface area (Å²) in [5, 5.41) is -0.857. The topological polar surface area (TPSA) is 72.2 Å². The first-order chi connectivity index (χ1) is 7.83. The van der Waals surface area contributed by atoms with Gasteiger partial charge < -0.3 is 5.73 Å². The van der Waals surface area contributed by atoms with Gasteiger partial charge in [-0.2, -0.15) is 0 Å². The Labute approximate surface area is 115 Å². The van der Waals surface area contributed by atoms with Crippen molar-refractivity contribution >= 4 is 50.2 Å². The van der Waals surface area contributed by atoms with Gasteiger partial charge in [0.25, 0.3) is 0 Å². The normalized spacial score (nSPS) is 13.5. The SMILES string of the molecule is CC(C(N)=S)S(=O)(=O)NCCc1ccc(Cl)s1. The van der Waals surface area contributed by atoms with Crippen molar-refractivity contribution in [2.45, 2.75) is 18.6 Å². The molecule has 0 saturated heterocycles. The van der Waals surface area contributed by atoms with E-state index in [1.165, 1.54) is 18.3 Å². The molecule has 1 atom stereocenters. The Hall–Kier alpha value is -0.210. The lowest BCUT2D eigenvalue weighted by atomic mass is 10.3. The lowest BCUT2D eigenvalue weighted by molar-refractivity contribution is 0.579. The second kappa shape index (κ2) is 6.10. The van der Waals surface area contributed by atoms with Crippen molar-refractivity contribution in [1.82, 2.24) is 4.72 Å². The molecule has 0 amide bonds. The first-order valence-corrected chi connectivity index (χ1v) is 8.00. The van der Waals surface area contributed by atoms with E-state index in [9.17, 15) is 8.42 Å². The van der Waals surface area contributed by atoms with E-state index in [0.717, 1.165) is 4.88 Å². The predicted octanol–water partition coefficient (Wildman–Crippen LogP) is 1.54. The minimum atomic E-state index is -3.47. The molecule has 17 heavy (non-hydrogen) atoms. The van der Waals surface area contributed by atoms with E-state index in [2.05, 4.69) is 16.9 Å². The monoisotopic (exact) mass is 312 g/mol. The Kier molecular flexibility index (Phi) is 5.33. The van der Waals surface area contributed by atoms with Crippen LogP contribution < -0.4 is 10.5 Å². The largest absolute Gasteiger partial charge is 0.392 e. The van der Waals surface area contributed by atoms with Crippen molar-refractivity contribution in [3.8, 4) is 0 Å². The second-order valence-electron chi connectivity index (χ2n) is 3.44. The number of rotatable bonds is 6. The number of nitrogens with one attached hydrogen (secondary N) is 1. The quantitative estimate of drug-likeness (QED) is 0.782. The van der Waals surface area contributed by atoms with E-state index in [1.807, 2.05) is 6.07 Å². The third-order valence-electron chi connectivity index (χ3n) is 2.17. The Morgan fingerprint density at radius 2 is 2.29 bits per heavy atom. The van der Waals surface area contributed by atoms with Gasteiger partial charge in [-0.25, -0.2) is 13.1 Å². The van der Waals surface area contributed by atoms with Crippen LogP contribution in [0.2, 0.25) is 4.34 Å². The first kappa shape index (κ1) is 14.8. The number of thiophene rings is 1. The summed E-state index contributed by atoms with van der Waals surface area (Å²) in [6.45, 7) is 1.78. The summed E-state index contributed by atoms with van der Waals surface area (Å²) in [6, 6.07) is 3.66. The molecule has 4 nitrogen and oxygen atoms in total. The standard InChI is InChI=1S/C9H13ClN2O2S3/c1-6(9(11)15)17(13,14)12-5-4-7-2-3-8(10)16-7/h2-3,6,12H,4-5H2,1H3,(H2,11,15). The summed E-state index contributed by atoms with van der Waals surface area (Å²) in [7, 11) is -3.47. The highest BCUT2D eigenvalue weighted by atomic mass is 35.5. The van der Waals surface area contributed by atoms with Crippen LogP contribution in [0.4, 0.5) is 0 Å². The van der Waals surface area contributed by atoms with Crippen molar-refractivity contribution in [3.05, 3.63) is 21.3 Å². The van der Waals surface area contributed by atoms with Crippen molar-refractivity contribution in [2.75, 3.05) is 6.54 Å². The van der Waals surface area contributed by atoms with E-state index in [-0.39, 0.29) is 4.99 Å². The average Bonchev–Trinajstić information content (AvgIpc) is 2.62. The molecule has 0 radical (unpaired) electrons. The van der Waals surface area contributed by atoms with Crippen LogP contribution in [0, 0.1) is 0 Å². The molecule has 8 heteroatoms. The highest BCUT2D eigenvalue weighted by Gasteiger charge is 2.22. The van der Waals surface area contributed by atoms with Crippen molar-refractivity contribution in [2.24, 2.45) is 5.73 Å². The molecule has 0 aliphatic carbocycles. The van der Waals surface area contributed by atoms with Crippen molar-refractivity contribution in [3.63, 3.8) is 0 Å². The summed E-state index contributed by atoms with van der Waals surface area (Å²) < 4.78 is 26.5. The van der Waals surface area contributed by atoms with Crippen molar-refractivity contribution < 1.29 is 8.42 Å². The number of thiocarbonyl (C=S) groups is 1. The Morgan fingerprint density at radius 3 is 2.76 bits per heavy atom. The van der Waals surface area contributed by atoms with E-state index in [4.69, 9.17) is 17.3 Å². The average molecular weight is 313 g/mol. The van der Waals surface area contributed by atoms with Gasteiger partial charge in [0, 0.05) is 11.4 Å². The highest BCUT2D eigenvalue weighted by Crippen LogP contribution is 2.21. The number of halogens is 1. The van der Waals surface area contributed by atoms with Gasteiger partial charge in [-0.1, -0.05) is 23.8 Å². The molecule has 0 aliphatic heterocycles. The van der Waals surface area contributed by atoms with Crippen LogP contribution in [0.3, 0.4) is 0 Å². The molecule has 1 aromatic heterocycles. The summed E-state index contributed by atoms with van der Waals surface area (Å²) in [6.07, 6.45) is 0.598. The summed E-state index contributed by atoms with van der Waals surface area (Å²) in [5.41, 5.74) is 5.31. The molecular weight excluding hydrogens is 300 g/mol. The maximum atomic E-state index is 11.7. The molecule has 1 heterocycles. The van der Waals surface area contributed by atoms with Gasteiger partial charge in [0.1, 0.15) is 5.25 Å². The lowest BCUT2D eigenvalue weighted by Crippen LogP contribution is -2.40. The molecule has 0 aromatic carbocycles. The summed E-state index contributed by atoms with van der Waals surface area (Å²) in [4.78, 5) is 0.998. The zero-order valence-electron chi connectivity index (χ0n) is 9.14. The second-order valence-corrected chi connectivity index (χ2v) is 7.80. The number of hydrogen-bond donors (Lipinski definition) is 2. The zero-order chi connectivity index (χ0) is 13.1. The van der Waals surface area contributed by atoms with Gasteiger partial charge in [-0.05, 0) is 25.5 Å². The minimum absolute atomic E-state index is 0.0309. The maximum absolute atomic E-state index is 11.7. The third kappa shape index (κ3) is 4.51. The molecule has 0 aliphatic rings. The highest BCUT2D eigenvalue weighted by molar-refractivity contribution is 7.93. The molecule has 1 aromatic rings. The molecule has 0 bridgehead atoms. The molecule has 1 unspecified atom stereocenters. The molecule has 0 saturated carbocycles. The Bertz CT molecular complexity index is 498. The smallest absolute Gasteiger partial charge is 0.220 e. The number of hydrogen-bond acceptors (Lipinski definition) is 4. The van der Waals surface area contributed by atoms with Crippen LogP contribution >= 0.6 is 35.2 Å².